The third kappa shape index (κ3) is 4.98. The van der Waals surface area contributed by atoms with Crippen molar-refractivity contribution in [2.45, 2.75) is 45.5 Å². The number of rotatable bonds is 5. The number of aromatic nitrogens is 3. The molecule has 1 fully saturated rings. The van der Waals surface area contributed by atoms with Crippen molar-refractivity contribution in [2.24, 2.45) is 0 Å². The minimum absolute atomic E-state index is 0.486. The third-order valence-electron chi connectivity index (χ3n) is 6.23. The van der Waals surface area contributed by atoms with Gasteiger partial charge in [0.25, 0.3) is 0 Å². The summed E-state index contributed by atoms with van der Waals surface area (Å²) in [6.45, 7) is 10.6. The average molecular weight is 474 g/mol. The van der Waals surface area contributed by atoms with Crippen LogP contribution in [0.5, 0.6) is 0 Å². The average Bonchev–Trinajstić information content (AvgIpc) is 3.29. The summed E-state index contributed by atoms with van der Waals surface area (Å²) < 4.78 is 1.89. The van der Waals surface area contributed by atoms with E-state index in [0.717, 1.165) is 46.7 Å². The Morgan fingerprint density at radius 1 is 0.941 bits per heavy atom. The van der Waals surface area contributed by atoms with Crippen molar-refractivity contribution in [3.8, 4) is 22.3 Å². The van der Waals surface area contributed by atoms with Gasteiger partial charge in [-0.15, -0.1) is 0 Å². The summed E-state index contributed by atoms with van der Waals surface area (Å²) in [5, 5.41) is 8.10. The molecule has 1 N–H and O–H groups in total. The highest BCUT2D eigenvalue weighted by Crippen LogP contribution is 2.29. The molecule has 0 amide bonds. The normalized spacial score (nSPS) is 18.0. The van der Waals surface area contributed by atoms with Crippen LogP contribution in [-0.2, 0) is 5.75 Å². The van der Waals surface area contributed by atoms with Gasteiger partial charge in [-0.2, -0.15) is 16.9 Å². The van der Waals surface area contributed by atoms with Gasteiger partial charge in [-0.05, 0) is 48.9 Å². The van der Waals surface area contributed by atoms with E-state index in [4.69, 9.17) is 4.98 Å². The highest BCUT2D eigenvalue weighted by Gasteiger charge is 2.24. The van der Waals surface area contributed by atoms with E-state index < -0.39 is 0 Å². The van der Waals surface area contributed by atoms with E-state index in [9.17, 15) is 0 Å². The van der Waals surface area contributed by atoms with Crippen LogP contribution in [0.25, 0.3) is 27.9 Å². The highest BCUT2D eigenvalue weighted by molar-refractivity contribution is 7.97. The molecule has 4 aromatic rings. The fourth-order valence-electron chi connectivity index (χ4n) is 4.69. The Hall–Kier alpha value is -2.83. The lowest BCUT2D eigenvalue weighted by Gasteiger charge is -2.41. The number of thioether (sulfide) groups is 1. The summed E-state index contributed by atoms with van der Waals surface area (Å²) in [7, 11) is 0. The van der Waals surface area contributed by atoms with E-state index in [1.54, 1.807) is 0 Å². The number of benzene rings is 2. The second kappa shape index (κ2) is 11.1. The predicted octanol–water partition coefficient (Wildman–Crippen LogP) is 6.14. The van der Waals surface area contributed by atoms with Crippen LogP contribution in [0.2, 0.25) is 0 Å². The lowest BCUT2D eigenvalue weighted by atomic mass is 10.0. The summed E-state index contributed by atoms with van der Waals surface area (Å²) in [5.74, 6) is 1.01. The van der Waals surface area contributed by atoms with E-state index in [2.05, 4.69) is 90.1 Å². The molecule has 0 spiro atoms. The second-order valence-corrected chi connectivity index (χ2v) is 9.48. The molecule has 1 aliphatic rings. The Balaban J connectivity index is 0.00000133. The zero-order valence-electron chi connectivity index (χ0n) is 20.8. The lowest BCUT2D eigenvalue weighted by molar-refractivity contribution is 0.432. The topological polar surface area (TPSA) is 45.5 Å². The van der Waals surface area contributed by atoms with Crippen LogP contribution < -0.4 is 10.2 Å². The van der Waals surface area contributed by atoms with Crippen molar-refractivity contribution >= 4 is 23.1 Å². The molecular formula is C28H35N5S. The van der Waals surface area contributed by atoms with Crippen molar-refractivity contribution in [1.82, 2.24) is 19.9 Å². The molecule has 0 aliphatic carbocycles. The number of hydrogen-bond donors (Lipinski definition) is 1. The van der Waals surface area contributed by atoms with Crippen molar-refractivity contribution in [2.75, 3.05) is 24.2 Å². The fourth-order valence-corrected chi connectivity index (χ4v) is 5.20. The molecular weight excluding hydrogens is 438 g/mol. The molecule has 5 nitrogen and oxygen atoms in total. The second-order valence-electron chi connectivity index (χ2n) is 8.61. The number of nitrogens with zero attached hydrogens (tertiary/aromatic N) is 4. The quantitative estimate of drug-likeness (QED) is 0.377. The molecule has 0 bridgehead atoms. The molecule has 34 heavy (non-hydrogen) atoms. The Bertz CT molecular complexity index is 1210. The van der Waals surface area contributed by atoms with E-state index in [1.807, 2.05) is 42.5 Å². The van der Waals surface area contributed by atoms with Crippen molar-refractivity contribution in [1.29, 1.82) is 0 Å². The van der Waals surface area contributed by atoms with E-state index in [1.165, 1.54) is 11.3 Å². The molecule has 1 saturated heterocycles. The summed E-state index contributed by atoms with van der Waals surface area (Å²) in [6.07, 6.45) is 8.07. The molecule has 2 atom stereocenters. The van der Waals surface area contributed by atoms with Crippen molar-refractivity contribution < 1.29 is 0 Å². The first-order chi connectivity index (χ1) is 16.6. The SMILES string of the molecule is CC.CSCc1cccc(-c2cnn3cc(-c4ccc(N5C(C)CNCC5C)cc4)cnc23)c1. The van der Waals surface area contributed by atoms with Gasteiger partial charge in [0.1, 0.15) is 0 Å². The first-order valence-electron chi connectivity index (χ1n) is 12.1. The molecule has 0 radical (unpaired) electrons. The van der Waals surface area contributed by atoms with Gasteiger partial charge in [0.05, 0.1) is 6.20 Å². The molecule has 178 valence electrons. The van der Waals surface area contributed by atoms with Gasteiger partial charge < -0.3 is 10.2 Å². The summed E-state index contributed by atoms with van der Waals surface area (Å²) in [4.78, 5) is 7.29. The van der Waals surface area contributed by atoms with Crippen LogP contribution in [0, 0.1) is 0 Å². The van der Waals surface area contributed by atoms with Gasteiger partial charge in [-0.1, -0.05) is 50.2 Å². The van der Waals surface area contributed by atoms with Crippen LogP contribution in [-0.4, -0.2) is 46.0 Å². The fraction of sp³-hybridized carbons (Fsp3) is 0.357. The van der Waals surface area contributed by atoms with Crippen LogP contribution >= 0.6 is 11.8 Å². The molecule has 2 aromatic carbocycles. The van der Waals surface area contributed by atoms with Gasteiger partial charge >= 0.3 is 0 Å². The first-order valence-corrected chi connectivity index (χ1v) is 13.5. The van der Waals surface area contributed by atoms with Gasteiger partial charge in [-0.3, -0.25) is 0 Å². The molecule has 2 unspecified atom stereocenters. The molecule has 0 saturated carbocycles. The first kappa shape index (κ1) is 24.3. The van der Waals surface area contributed by atoms with Gasteiger partial charge in [0.2, 0.25) is 0 Å². The van der Waals surface area contributed by atoms with Gasteiger partial charge in [0.15, 0.2) is 5.65 Å². The number of hydrogen-bond acceptors (Lipinski definition) is 5. The molecule has 5 rings (SSSR count). The van der Waals surface area contributed by atoms with Crippen LogP contribution in [0.15, 0.2) is 67.1 Å². The Morgan fingerprint density at radius 3 is 2.38 bits per heavy atom. The Kier molecular flexibility index (Phi) is 7.91. The minimum atomic E-state index is 0.486. The zero-order valence-corrected chi connectivity index (χ0v) is 21.6. The molecule has 1 aliphatic heterocycles. The largest absolute Gasteiger partial charge is 0.364 e. The molecule has 6 heteroatoms. The van der Waals surface area contributed by atoms with Gasteiger partial charge in [0, 0.05) is 60.1 Å². The predicted molar refractivity (Wildman–Crippen MR) is 147 cm³/mol. The highest BCUT2D eigenvalue weighted by atomic mass is 32.2. The molecule has 2 aromatic heterocycles. The summed E-state index contributed by atoms with van der Waals surface area (Å²) in [6, 6.07) is 18.5. The monoisotopic (exact) mass is 473 g/mol. The van der Waals surface area contributed by atoms with Crippen molar-refractivity contribution in [3.63, 3.8) is 0 Å². The Labute approximate surface area is 207 Å². The number of piperazine rings is 1. The lowest BCUT2D eigenvalue weighted by Crippen LogP contribution is -2.55. The number of anilines is 1. The van der Waals surface area contributed by atoms with Crippen LogP contribution in [0.3, 0.4) is 0 Å². The maximum absolute atomic E-state index is 4.78. The third-order valence-corrected chi connectivity index (χ3v) is 6.86. The summed E-state index contributed by atoms with van der Waals surface area (Å²) in [5.41, 5.74) is 7.92. The van der Waals surface area contributed by atoms with E-state index in [-0.39, 0.29) is 0 Å². The number of fused-ring (bicyclic) bond motifs is 1. The standard InChI is InChI=1S/C26H29N5S.C2H6/c1-18-12-27-13-19(2)31(18)24-9-7-21(8-10-24)23-14-28-26-25(15-29-30(26)16-23)22-6-4-5-20(11-22)17-32-3;1-2/h4-11,14-16,18-19,27H,12-13,17H2,1-3H3;1-2H3. The minimum Gasteiger partial charge on any atom is -0.364 e. The van der Waals surface area contributed by atoms with E-state index in [0.29, 0.717) is 12.1 Å². The van der Waals surface area contributed by atoms with Crippen LogP contribution in [0.4, 0.5) is 5.69 Å². The van der Waals surface area contributed by atoms with E-state index >= 15 is 0 Å². The Morgan fingerprint density at radius 2 is 1.68 bits per heavy atom. The summed E-state index contributed by atoms with van der Waals surface area (Å²) >= 11 is 1.83. The zero-order chi connectivity index (χ0) is 24.1. The number of nitrogens with one attached hydrogen (secondary N) is 1. The van der Waals surface area contributed by atoms with Crippen LogP contribution in [0.1, 0.15) is 33.3 Å². The van der Waals surface area contributed by atoms with Gasteiger partial charge in [-0.25, -0.2) is 9.50 Å². The maximum Gasteiger partial charge on any atom is 0.162 e. The molecule has 3 heterocycles. The maximum atomic E-state index is 4.78. The van der Waals surface area contributed by atoms with Crippen molar-refractivity contribution in [3.05, 3.63) is 72.7 Å². The smallest absolute Gasteiger partial charge is 0.162 e.